The van der Waals surface area contributed by atoms with Gasteiger partial charge in [0.2, 0.25) is 5.91 Å². The number of carbonyl (C=O) groups excluding carboxylic acids is 1. The fourth-order valence-electron chi connectivity index (χ4n) is 2.72. The number of aryl methyl sites for hydroxylation is 2. The van der Waals surface area contributed by atoms with Crippen LogP contribution >= 0.6 is 11.8 Å². The lowest BCUT2D eigenvalue weighted by molar-refractivity contribution is -0.115. The van der Waals surface area contributed by atoms with Crippen molar-refractivity contribution in [2.75, 3.05) is 11.1 Å². The molecule has 0 aliphatic carbocycles. The molecule has 2 aromatic rings. The van der Waals surface area contributed by atoms with Crippen molar-refractivity contribution in [2.24, 2.45) is 5.92 Å². The molecule has 1 aromatic heterocycles. The van der Waals surface area contributed by atoms with E-state index in [9.17, 15) is 10.1 Å². The van der Waals surface area contributed by atoms with E-state index in [1.165, 1.54) is 11.8 Å². The molecule has 2 rings (SSSR count). The molecule has 0 bridgehead atoms. The summed E-state index contributed by atoms with van der Waals surface area (Å²) in [5.41, 5.74) is 4.63. The zero-order chi connectivity index (χ0) is 19.1. The molecule has 26 heavy (non-hydrogen) atoms. The predicted molar refractivity (Wildman–Crippen MR) is 107 cm³/mol. The van der Waals surface area contributed by atoms with Crippen LogP contribution in [0.3, 0.4) is 0 Å². The van der Waals surface area contributed by atoms with Crippen molar-refractivity contribution in [3.05, 3.63) is 52.7 Å². The summed E-state index contributed by atoms with van der Waals surface area (Å²) < 4.78 is 0. The first-order valence-electron chi connectivity index (χ1n) is 8.78. The fourth-order valence-corrected chi connectivity index (χ4v) is 3.65. The molecule has 0 atom stereocenters. The molecule has 1 amide bonds. The van der Waals surface area contributed by atoms with Crippen LogP contribution in [0.15, 0.2) is 35.4 Å². The van der Waals surface area contributed by atoms with E-state index < -0.39 is 0 Å². The summed E-state index contributed by atoms with van der Waals surface area (Å²) in [6.45, 7) is 8.31. The van der Waals surface area contributed by atoms with Gasteiger partial charge in [-0.3, -0.25) is 4.79 Å². The third-order valence-corrected chi connectivity index (χ3v) is 4.72. The monoisotopic (exact) mass is 367 g/mol. The van der Waals surface area contributed by atoms with E-state index in [1.54, 1.807) is 0 Å². The van der Waals surface area contributed by atoms with Crippen LogP contribution in [0.5, 0.6) is 0 Å². The number of nitrogens with one attached hydrogen (secondary N) is 1. The highest BCUT2D eigenvalue weighted by atomic mass is 32.2. The van der Waals surface area contributed by atoms with Crippen LogP contribution in [0.1, 0.15) is 42.7 Å². The van der Waals surface area contributed by atoms with E-state index in [2.05, 4.69) is 36.3 Å². The summed E-state index contributed by atoms with van der Waals surface area (Å²) in [5.74, 6) is 1.07. The first-order chi connectivity index (χ1) is 12.4. The van der Waals surface area contributed by atoms with E-state index in [0.717, 1.165) is 28.9 Å². The Balaban J connectivity index is 1.94. The van der Waals surface area contributed by atoms with E-state index in [1.807, 2.05) is 38.1 Å². The number of anilines is 1. The second-order valence-corrected chi connectivity index (χ2v) is 7.97. The van der Waals surface area contributed by atoms with E-state index in [4.69, 9.17) is 0 Å². The average molecular weight is 368 g/mol. The molecule has 1 aromatic carbocycles. The molecule has 0 aliphatic rings. The van der Waals surface area contributed by atoms with Gasteiger partial charge in [0.15, 0.2) is 0 Å². The summed E-state index contributed by atoms with van der Waals surface area (Å²) in [6, 6.07) is 11.9. The van der Waals surface area contributed by atoms with Gasteiger partial charge in [-0.1, -0.05) is 19.9 Å². The number of aromatic nitrogens is 1. The van der Waals surface area contributed by atoms with Crippen molar-refractivity contribution < 1.29 is 4.79 Å². The van der Waals surface area contributed by atoms with Crippen LogP contribution in [0.25, 0.3) is 0 Å². The fraction of sp³-hybridized carbons (Fsp3) is 0.381. The summed E-state index contributed by atoms with van der Waals surface area (Å²) >= 11 is 1.46. The van der Waals surface area contributed by atoms with Crippen LogP contribution in [0.4, 0.5) is 5.69 Å². The van der Waals surface area contributed by atoms with Gasteiger partial charge >= 0.3 is 0 Å². The molecule has 5 heteroatoms. The largest absolute Gasteiger partial charge is 0.326 e. The number of nitrogens with zero attached hydrogens (tertiary/aromatic N) is 2. The second kappa shape index (κ2) is 9.40. The number of benzene rings is 1. The average Bonchev–Trinajstić information content (AvgIpc) is 2.53. The molecule has 0 fully saturated rings. The van der Waals surface area contributed by atoms with Crippen molar-refractivity contribution in [3.8, 4) is 6.07 Å². The minimum Gasteiger partial charge on any atom is -0.326 e. The molecule has 0 spiro atoms. The highest BCUT2D eigenvalue weighted by Gasteiger charge is 2.10. The smallest absolute Gasteiger partial charge is 0.225 e. The quantitative estimate of drug-likeness (QED) is 0.708. The SMILES string of the molecule is Cc1cc(C)cc(NC(=O)CCSc2nc(CC(C)C)ccc2C#N)c1. The normalized spacial score (nSPS) is 10.6. The van der Waals surface area contributed by atoms with Gasteiger partial charge in [0.1, 0.15) is 11.1 Å². The van der Waals surface area contributed by atoms with Crippen molar-refractivity contribution in [1.29, 1.82) is 5.26 Å². The molecule has 1 heterocycles. The van der Waals surface area contributed by atoms with Crippen molar-refractivity contribution in [1.82, 2.24) is 4.98 Å². The maximum absolute atomic E-state index is 12.2. The van der Waals surface area contributed by atoms with E-state index in [-0.39, 0.29) is 5.91 Å². The summed E-state index contributed by atoms with van der Waals surface area (Å²) in [5, 5.41) is 12.9. The molecule has 1 N–H and O–H groups in total. The van der Waals surface area contributed by atoms with Gasteiger partial charge in [-0.15, -0.1) is 11.8 Å². The van der Waals surface area contributed by atoms with Crippen LogP contribution < -0.4 is 5.32 Å². The minimum atomic E-state index is -0.0284. The third-order valence-electron chi connectivity index (χ3n) is 3.73. The molecule has 136 valence electrons. The number of amides is 1. The first-order valence-corrected chi connectivity index (χ1v) is 9.77. The highest BCUT2D eigenvalue weighted by molar-refractivity contribution is 7.99. The molecule has 0 unspecified atom stereocenters. The number of rotatable bonds is 7. The van der Waals surface area contributed by atoms with Crippen molar-refractivity contribution >= 4 is 23.4 Å². The number of thioether (sulfide) groups is 1. The Bertz CT molecular complexity index is 804. The van der Waals surface area contributed by atoms with Gasteiger partial charge in [-0.2, -0.15) is 5.26 Å². The van der Waals surface area contributed by atoms with Crippen LogP contribution in [-0.2, 0) is 11.2 Å². The van der Waals surface area contributed by atoms with Gasteiger partial charge < -0.3 is 5.32 Å². The number of carbonyl (C=O) groups is 1. The Morgan fingerprint density at radius 3 is 2.54 bits per heavy atom. The summed E-state index contributed by atoms with van der Waals surface area (Å²) in [4.78, 5) is 16.8. The van der Waals surface area contributed by atoms with Crippen LogP contribution in [0.2, 0.25) is 0 Å². The molecule has 0 saturated carbocycles. The second-order valence-electron chi connectivity index (χ2n) is 6.89. The molecule has 4 nitrogen and oxygen atoms in total. The van der Waals surface area contributed by atoms with Crippen molar-refractivity contribution in [3.63, 3.8) is 0 Å². The number of hydrogen-bond acceptors (Lipinski definition) is 4. The number of pyridine rings is 1. The molecular formula is C21H25N3OS. The Labute approximate surface area is 160 Å². The zero-order valence-electron chi connectivity index (χ0n) is 15.8. The Morgan fingerprint density at radius 2 is 1.92 bits per heavy atom. The van der Waals surface area contributed by atoms with Crippen molar-refractivity contribution in [2.45, 2.75) is 45.6 Å². The third kappa shape index (κ3) is 6.20. The van der Waals surface area contributed by atoms with E-state index >= 15 is 0 Å². The van der Waals surface area contributed by atoms with Gasteiger partial charge in [-0.25, -0.2) is 4.98 Å². The Morgan fingerprint density at radius 1 is 1.23 bits per heavy atom. The molecule has 0 aliphatic heterocycles. The Kier molecular flexibility index (Phi) is 7.23. The molecule has 0 radical (unpaired) electrons. The van der Waals surface area contributed by atoms with Gasteiger partial charge in [-0.05, 0) is 61.6 Å². The lowest BCUT2D eigenvalue weighted by atomic mass is 10.1. The highest BCUT2D eigenvalue weighted by Crippen LogP contribution is 2.22. The standard InChI is InChI=1S/C21H25N3OS/c1-14(2)9-18-6-5-17(13-22)21(24-18)26-8-7-20(25)23-19-11-15(3)10-16(4)12-19/h5-6,10-12,14H,7-9H2,1-4H3,(H,23,25). The van der Waals surface area contributed by atoms with Gasteiger partial charge in [0.25, 0.3) is 0 Å². The Hall–Kier alpha value is -2.32. The molecule has 0 saturated heterocycles. The number of nitriles is 1. The maximum atomic E-state index is 12.2. The van der Waals surface area contributed by atoms with Gasteiger partial charge in [0.05, 0.1) is 5.56 Å². The maximum Gasteiger partial charge on any atom is 0.225 e. The lowest BCUT2D eigenvalue weighted by Gasteiger charge is -2.09. The zero-order valence-corrected chi connectivity index (χ0v) is 16.6. The summed E-state index contributed by atoms with van der Waals surface area (Å²) in [6.07, 6.45) is 1.26. The van der Waals surface area contributed by atoms with E-state index in [0.29, 0.717) is 28.7 Å². The first kappa shape index (κ1) is 20.0. The van der Waals surface area contributed by atoms with Gasteiger partial charge in [0, 0.05) is 23.6 Å². The minimum absolute atomic E-state index is 0.0284. The van der Waals surface area contributed by atoms with Crippen LogP contribution in [0, 0.1) is 31.1 Å². The summed E-state index contributed by atoms with van der Waals surface area (Å²) in [7, 11) is 0. The number of hydrogen-bond donors (Lipinski definition) is 1. The predicted octanol–water partition coefficient (Wildman–Crippen LogP) is 4.89. The van der Waals surface area contributed by atoms with Crippen LogP contribution in [-0.4, -0.2) is 16.6 Å². The lowest BCUT2D eigenvalue weighted by Crippen LogP contribution is -2.12. The topological polar surface area (TPSA) is 65.8 Å². The molecular weight excluding hydrogens is 342 g/mol.